The summed E-state index contributed by atoms with van der Waals surface area (Å²) in [5.41, 5.74) is 0.430. The first-order valence-corrected chi connectivity index (χ1v) is 7.03. The third kappa shape index (κ3) is 2.88. The number of sulfonamides is 1. The summed E-state index contributed by atoms with van der Waals surface area (Å²) in [6.45, 7) is 1.67. The number of hydrogen-bond acceptors (Lipinski definition) is 6. The summed E-state index contributed by atoms with van der Waals surface area (Å²) in [6, 6.07) is 2.77. The van der Waals surface area contributed by atoms with Crippen molar-refractivity contribution in [2.75, 3.05) is 12.4 Å². The molecule has 2 rings (SSSR count). The Labute approximate surface area is 110 Å². The van der Waals surface area contributed by atoms with Gasteiger partial charge in [0.1, 0.15) is 12.2 Å². The predicted molar refractivity (Wildman–Crippen MR) is 68.9 cm³/mol. The molecule has 2 aromatic heterocycles. The lowest BCUT2D eigenvalue weighted by Gasteiger charge is -2.13. The highest BCUT2D eigenvalue weighted by Crippen LogP contribution is 2.19. The monoisotopic (exact) mass is 282 g/mol. The van der Waals surface area contributed by atoms with E-state index in [-0.39, 0.29) is 5.03 Å². The molecule has 0 bridgehead atoms. The van der Waals surface area contributed by atoms with E-state index in [0.29, 0.717) is 11.5 Å². The average molecular weight is 282 g/mol. The minimum absolute atomic E-state index is 0.0520. The van der Waals surface area contributed by atoms with Gasteiger partial charge in [-0.2, -0.15) is 9.82 Å². The SMILES string of the molecule is CNc1cccnc1S(=O)(=O)NC(C)c1ncn[nH]1. The van der Waals surface area contributed by atoms with Crippen LogP contribution in [0, 0.1) is 0 Å². The van der Waals surface area contributed by atoms with Crippen LogP contribution in [0.15, 0.2) is 29.7 Å². The molecular weight excluding hydrogens is 268 g/mol. The van der Waals surface area contributed by atoms with Crippen LogP contribution in [0.2, 0.25) is 0 Å². The molecule has 1 atom stereocenters. The van der Waals surface area contributed by atoms with Gasteiger partial charge in [0, 0.05) is 13.2 Å². The quantitative estimate of drug-likeness (QED) is 0.726. The minimum atomic E-state index is -3.74. The Morgan fingerprint density at radius 3 is 2.79 bits per heavy atom. The molecule has 1 unspecified atom stereocenters. The van der Waals surface area contributed by atoms with Gasteiger partial charge < -0.3 is 5.32 Å². The number of hydrogen-bond donors (Lipinski definition) is 3. The van der Waals surface area contributed by atoms with Gasteiger partial charge in [-0.25, -0.2) is 18.4 Å². The van der Waals surface area contributed by atoms with Crippen molar-refractivity contribution in [2.24, 2.45) is 0 Å². The van der Waals surface area contributed by atoms with Crippen molar-refractivity contribution < 1.29 is 8.42 Å². The number of nitrogens with zero attached hydrogens (tertiary/aromatic N) is 3. The van der Waals surface area contributed by atoms with Gasteiger partial charge in [-0.3, -0.25) is 5.10 Å². The standard InChI is InChI=1S/C10H14N6O2S/c1-7(9-13-6-14-15-9)16-19(17,18)10-8(11-2)4-3-5-12-10/h3-7,11,16H,1-2H3,(H,13,14,15). The van der Waals surface area contributed by atoms with Crippen molar-refractivity contribution in [1.29, 1.82) is 0 Å². The number of pyridine rings is 1. The van der Waals surface area contributed by atoms with Crippen molar-refractivity contribution >= 4 is 15.7 Å². The number of nitrogens with one attached hydrogen (secondary N) is 3. The second-order valence-electron chi connectivity index (χ2n) is 3.82. The highest BCUT2D eigenvalue weighted by Gasteiger charge is 2.23. The maximum Gasteiger partial charge on any atom is 0.260 e. The Kier molecular flexibility index (Phi) is 3.76. The van der Waals surface area contributed by atoms with E-state index in [1.54, 1.807) is 26.1 Å². The number of H-pyrrole nitrogens is 1. The van der Waals surface area contributed by atoms with Crippen LogP contribution in [0.5, 0.6) is 0 Å². The third-order valence-electron chi connectivity index (χ3n) is 2.47. The van der Waals surface area contributed by atoms with Crippen LogP contribution in [-0.2, 0) is 10.0 Å². The van der Waals surface area contributed by atoms with E-state index in [2.05, 4.69) is 30.2 Å². The first-order valence-electron chi connectivity index (χ1n) is 5.55. The molecule has 102 valence electrons. The molecule has 2 heterocycles. The van der Waals surface area contributed by atoms with Gasteiger partial charge in [0.05, 0.1) is 11.7 Å². The topological polar surface area (TPSA) is 113 Å². The second-order valence-corrected chi connectivity index (χ2v) is 5.45. The summed E-state index contributed by atoms with van der Waals surface area (Å²) in [7, 11) is -2.10. The van der Waals surface area contributed by atoms with E-state index in [4.69, 9.17) is 0 Å². The van der Waals surface area contributed by atoms with Crippen LogP contribution >= 0.6 is 0 Å². The summed E-state index contributed by atoms with van der Waals surface area (Å²) in [5, 5.41) is 9.04. The number of anilines is 1. The molecule has 0 saturated carbocycles. The zero-order valence-electron chi connectivity index (χ0n) is 10.5. The molecule has 0 amide bonds. The van der Waals surface area contributed by atoms with Gasteiger partial charge in [0.2, 0.25) is 0 Å². The van der Waals surface area contributed by atoms with Crippen molar-refractivity contribution in [2.45, 2.75) is 18.0 Å². The van der Waals surface area contributed by atoms with E-state index in [9.17, 15) is 8.42 Å². The Morgan fingerprint density at radius 1 is 1.37 bits per heavy atom. The molecular formula is C10H14N6O2S. The van der Waals surface area contributed by atoms with E-state index >= 15 is 0 Å². The van der Waals surface area contributed by atoms with Gasteiger partial charge in [0.25, 0.3) is 10.0 Å². The fourth-order valence-electron chi connectivity index (χ4n) is 1.56. The second kappa shape index (κ2) is 5.33. The highest BCUT2D eigenvalue weighted by molar-refractivity contribution is 7.89. The Balaban J connectivity index is 2.28. The average Bonchev–Trinajstić information content (AvgIpc) is 2.92. The summed E-state index contributed by atoms with van der Waals surface area (Å²) in [6.07, 6.45) is 2.74. The molecule has 0 saturated heterocycles. The van der Waals surface area contributed by atoms with E-state index in [1.165, 1.54) is 12.5 Å². The van der Waals surface area contributed by atoms with Crippen LogP contribution in [0.25, 0.3) is 0 Å². The summed E-state index contributed by atoms with van der Waals surface area (Å²) in [4.78, 5) is 7.80. The van der Waals surface area contributed by atoms with Crippen molar-refractivity contribution in [3.63, 3.8) is 0 Å². The number of aromatic amines is 1. The normalized spacial score (nSPS) is 13.2. The molecule has 0 aromatic carbocycles. The molecule has 19 heavy (non-hydrogen) atoms. The van der Waals surface area contributed by atoms with Crippen LogP contribution < -0.4 is 10.0 Å². The summed E-state index contributed by atoms with van der Waals surface area (Å²) < 4.78 is 27.0. The fraction of sp³-hybridized carbons (Fsp3) is 0.300. The highest BCUT2D eigenvalue weighted by atomic mass is 32.2. The Hall–Kier alpha value is -2.00. The molecule has 0 radical (unpaired) electrons. The van der Waals surface area contributed by atoms with Gasteiger partial charge in [-0.1, -0.05) is 0 Å². The lowest BCUT2D eigenvalue weighted by molar-refractivity contribution is 0.557. The molecule has 8 nitrogen and oxygen atoms in total. The first-order chi connectivity index (χ1) is 9.04. The number of rotatable bonds is 5. The van der Waals surface area contributed by atoms with Gasteiger partial charge in [-0.05, 0) is 19.1 Å². The first kappa shape index (κ1) is 13.4. The number of aromatic nitrogens is 4. The van der Waals surface area contributed by atoms with E-state index in [1.807, 2.05) is 0 Å². The van der Waals surface area contributed by atoms with Crippen molar-refractivity contribution in [3.05, 3.63) is 30.5 Å². The summed E-state index contributed by atoms with van der Waals surface area (Å²) in [5.74, 6) is 0.436. The van der Waals surface area contributed by atoms with Gasteiger partial charge >= 0.3 is 0 Å². The molecule has 3 N–H and O–H groups in total. The molecule has 0 spiro atoms. The third-order valence-corrected chi connectivity index (χ3v) is 3.97. The van der Waals surface area contributed by atoms with E-state index in [0.717, 1.165) is 0 Å². The zero-order chi connectivity index (χ0) is 13.9. The van der Waals surface area contributed by atoms with Crippen LogP contribution in [0.1, 0.15) is 18.8 Å². The summed E-state index contributed by atoms with van der Waals surface area (Å²) >= 11 is 0. The zero-order valence-corrected chi connectivity index (χ0v) is 11.3. The van der Waals surface area contributed by atoms with Gasteiger partial charge in [-0.15, -0.1) is 0 Å². The molecule has 9 heteroatoms. The Morgan fingerprint density at radius 2 is 2.16 bits per heavy atom. The minimum Gasteiger partial charge on any atom is -0.386 e. The largest absolute Gasteiger partial charge is 0.386 e. The van der Waals surface area contributed by atoms with Crippen LogP contribution in [0.3, 0.4) is 0 Å². The van der Waals surface area contributed by atoms with Gasteiger partial charge in [0.15, 0.2) is 5.03 Å². The fourth-order valence-corrected chi connectivity index (χ4v) is 2.91. The van der Waals surface area contributed by atoms with Crippen molar-refractivity contribution in [3.8, 4) is 0 Å². The smallest absolute Gasteiger partial charge is 0.260 e. The molecule has 2 aromatic rings. The van der Waals surface area contributed by atoms with Crippen LogP contribution in [-0.4, -0.2) is 35.6 Å². The van der Waals surface area contributed by atoms with Crippen molar-refractivity contribution in [1.82, 2.24) is 24.9 Å². The maximum absolute atomic E-state index is 12.2. The lowest BCUT2D eigenvalue weighted by Crippen LogP contribution is -2.29. The Bertz CT molecular complexity index is 640. The molecule has 0 aliphatic rings. The van der Waals surface area contributed by atoms with E-state index < -0.39 is 16.1 Å². The molecule has 0 fully saturated rings. The molecule has 0 aliphatic carbocycles. The van der Waals surface area contributed by atoms with Crippen LogP contribution in [0.4, 0.5) is 5.69 Å². The predicted octanol–water partition coefficient (Wildman–Crippen LogP) is 0.281. The lowest BCUT2D eigenvalue weighted by atomic mass is 10.3. The molecule has 0 aliphatic heterocycles. The maximum atomic E-state index is 12.2.